The molecule has 0 saturated carbocycles. The summed E-state index contributed by atoms with van der Waals surface area (Å²) in [6.07, 6.45) is 0. The third kappa shape index (κ3) is 4.08. The van der Waals surface area contributed by atoms with Crippen molar-refractivity contribution in [2.45, 2.75) is 19.6 Å². The Bertz CT molecular complexity index is 2290. The molecular weight excluding hydrogens is 563 g/mol. The first-order valence-corrected chi connectivity index (χ1v) is 15.9. The van der Waals surface area contributed by atoms with Crippen LogP contribution < -0.4 is 0 Å². The van der Waals surface area contributed by atoms with E-state index in [0.29, 0.717) is 5.82 Å². The highest BCUT2D eigenvalue weighted by molar-refractivity contribution is 8.05. The van der Waals surface area contributed by atoms with E-state index in [4.69, 9.17) is 9.97 Å². The predicted octanol–water partition coefficient (Wildman–Crippen LogP) is 10.7. The maximum atomic E-state index is 5.28. The summed E-state index contributed by atoms with van der Waals surface area (Å²) in [5.74, 6) is 1.57. The SMILES string of the molecule is c1ccc(-c2cc(-n3c4cc5ccccc5cc4c4ccc5c(c43)Sc3ccccc3S5)nc(-c3ccccc3)n2)cc1. The standard InChI is InChI=1S/C38H23N3S2/c1-3-11-24(12-4-1)30-23-35(40-38(39-30)25-13-5-2-6-14-25)41-31-22-27-16-8-7-15-26(27)21-29(31)28-19-20-34-37(36(28)41)43-33-18-10-9-17-32(33)42-34/h1-23H. The van der Waals surface area contributed by atoms with Crippen LogP contribution in [-0.2, 0) is 0 Å². The Morgan fingerprint density at radius 3 is 1.91 bits per heavy atom. The lowest BCUT2D eigenvalue weighted by Crippen LogP contribution is -2.03. The number of aromatic nitrogens is 3. The molecular formula is C38H23N3S2. The first-order valence-electron chi connectivity index (χ1n) is 14.3. The Morgan fingerprint density at radius 2 is 1.14 bits per heavy atom. The van der Waals surface area contributed by atoms with Crippen LogP contribution in [-0.4, -0.2) is 14.5 Å². The molecule has 5 heteroatoms. The van der Waals surface area contributed by atoms with Gasteiger partial charge in [-0.3, -0.25) is 4.57 Å². The number of hydrogen-bond donors (Lipinski definition) is 0. The van der Waals surface area contributed by atoms with E-state index < -0.39 is 0 Å². The van der Waals surface area contributed by atoms with Crippen molar-refractivity contribution in [2.24, 2.45) is 0 Å². The van der Waals surface area contributed by atoms with E-state index in [9.17, 15) is 0 Å². The zero-order valence-electron chi connectivity index (χ0n) is 22.9. The zero-order chi connectivity index (χ0) is 28.3. The third-order valence-electron chi connectivity index (χ3n) is 8.04. The molecule has 2 aromatic heterocycles. The van der Waals surface area contributed by atoms with Gasteiger partial charge in [0, 0.05) is 42.7 Å². The molecule has 0 atom stereocenters. The van der Waals surface area contributed by atoms with Crippen LogP contribution in [0, 0.1) is 0 Å². The van der Waals surface area contributed by atoms with Crippen molar-refractivity contribution in [1.82, 2.24) is 14.5 Å². The molecule has 0 spiro atoms. The van der Waals surface area contributed by atoms with Gasteiger partial charge in [0.1, 0.15) is 5.82 Å². The Morgan fingerprint density at radius 1 is 0.488 bits per heavy atom. The van der Waals surface area contributed by atoms with Crippen molar-refractivity contribution in [3.63, 3.8) is 0 Å². The Kier molecular flexibility index (Phi) is 5.68. The van der Waals surface area contributed by atoms with Crippen molar-refractivity contribution < 1.29 is 0 Å². The topological polar surface area (TPSA) is 30.7 Å². The van der Waals surface area contributed by atoms with Crippen LogP contribution in [0.4, 0.5) is 0 Å². The van der Waals surface area contributed by atoms with E-state index in [0.717, 1.165) is 28.2 Å². The molecule has 0 unspecified atom stereocenters. The molecule has 6 aromatic carbocycles. The quantitative estimate of drug-likeness (QED) is 0.206. The first kappa shape index (κ1) is 24.7. The fraction of sp³-hybridized carbons (Fsp3) is 0. The highest BCUT2D eigenvalue weighted by Crippen LogP contribution is 2.52. The fourth-order valence-corrected chi connectivity index (χ4v) is 8.41. The number of benzene rings is 6. The van der Waals surface area contributed by atoms with Gasteiger partial charge in [0.05, 0.1) is 21.6 Å². The minimum atomic E-state index is 0.713. The smallest absolute Gasteiger partial charge is 0.162 e. The lowest BCUT2D eigenvalue weighted by Gasteiger charge is -2.20. The second-order valence-electron chi connectivity index (χ2n) is 10.7. The van der Waals surface area contributed by atoms with E-state index in [1.54, 1.807) is 0 Å². The van der Waals surface area contributed by atoms with Gasteiger partial charge < -0.3 is 0 Å². The molecule has 1 aliphatic heterocycles. The number of rotatable bonds is 3. The summed E-state index contributed by atoms with van der Waals surface area (Å²) in [4.78, 5) is 15.5. The van der Waals surface area contributed by atoms with E-state index in [-0.39, 0.29) is 0 Å². The van der Waals surface area contributed by atoms with Gasteiger partial charge in [0.15, 0.2) is 5.82 Å². The summed E-state index contributed by atoms with van der Waals surface area (Å²) in [5, 5.41) is 4.90. The molecule has 1 aliphatic rings. The van der Waals surface area contributed by atoms with Crippen LogP contribution in [0.5, 0.6) is 0 Å². The lowest BCUT2D eigenvalue weighted by molar-refractivity contribution is 1.03. The molecule has 3 heterocycles. The molecule has 9 rings (SSSR count). The highest BCUT2D eigenvalue weighted by Gasteiger charge is 2.25. The third-order valence-corrected chi connectivity index (χ3v) is 10.6. The van der Waals surface area contributed by atoms with Crippen molar-refractivity contribution in [2.75, 3.05) is 0 Å². The monoisotopic (exact) mass is 585 g/mol. The summed E-state index contributed by atoms with van der Waals surface area (Å²) in [5.41, 5.74) is 5.29. The molecule has 0 amide bonds. The van der Waals surface area contributed by atoms with E-state index in [2.05, 4.69) is 120 Å². The number of fused-ring (bicyclic) bond motifs is 7. The maximum Gasteiger partial charge on any atom is 0.162 e. The van der Waals surface area contributed by atoms with Crippen LogP contribution in [0.1, 0.15) is 0 Å². The van der Waals surface area contributed by atoms with Crippen LogP contribution >= 0.6 is 23.5 Å². The van der Waals surface area contributed by atoms with Gasteiger partial charge in [0.2, 0.25) is 0 Å². The largest absolute Gasteiger partial charge is 0.292 e. The Labute approximate surface area is 257 Å². The molecule has 0 saturated heterocycles. The van der Waals surface area contributed by atoms with Gasteiger partial charge in [-0.15, -0.1) is 0 Å². The van der Waals surface area contributed by atoms with E-state index in [1.807, 2.05) is 47.8 Å². The van der Waals surface area contributed by atoms with Crippen LogP contribution in [0.25, 0.3) is 61.0 Å². The average molecular weight is 586 g/mol. The van der Waals surface area contributed by atoms with Gasteiger partial charge in [-0.1, -0.05) is 127 Å². The fourth-order valence-electron chi connectivity index (χ4n) is 6.03. The molecule has 202 valence electrons. The van der Waals surface area contributed by atoms with Crippen LogP contribution in [0.2, 0.25) is 0 Å². The van der Waals surface area contributed by atoms with Gasteiger partial charge >= 0.3 is 0 Å². The Balaban J connectivity index is 1.41. The minimum Gasteiger partial charge on any atom is -0.292 e. The normalized spacial score (nSPS) is 12.5. The van der Waals surface area contributed by atoms with Crippen molar-refractivity contribution >= 4 is 56.1 Å². The second-order valence-corrected chi connectivity index (χ2v) is 12.8. The van der Waals surface area contributed by atoms with E-state index >= 15 is 0 Å². The van der Waals surface area contributed by atoms with Gasteiger partial charge in [0.25, 0.3) is 0 Å². The van der Waals surface area contributed by atoms with Crippen molar-refractivity contribution in [1.29, 1.82) is 0 Å². The maximum absolute atomic E-state index is 5.28. The predicted molar refractivity (Wildman–Crippen MR) is 179 cm³/mol. The second kappa shape index (κ2) is 9.87. The molecule has 0 aliphatic carbocycles. The Hall–Kier alpha value is -4.84. The first-order chi connectivity index (χ1) is 21.3. The summed E-state index contributed by atoms with van der Waals surface area (Å²) in [7, 11) is 0. The minimum absolute atomic E-state index is 0.713. The van der Waals surface area contributed by atoms with Crippen molar-refractivity contribution in [3.05, 3.63) is 140 Å². The summed E-state index contributed by atoms with van der Waals surface area (Å²) < 4.78 is 2.37. The molecule has 3 nitrogen and oxygen atoms in total. The molecule has 8 aromatic rings. The van der Waals surface area contributed by atoms with Crippen LogP contribution in [0.3, 0.4) is 0 Å². The lowest BCUT2D eigenvalue weighted by atomic mass is 10.1. The number of hydrogen-bond acceptors (Lipinski definition) is 4. The van der Waals surface area contributed by atoms with Gasteiger partial charge in [-0.05, 0) is 41.1 Å². The molecule has 0 bridgehead atoms. The zero-order valence-corrected chi connectivity index (χ0v) is 24.6. The van der Waals surface area contributed by atoms with Crippen LogP contribution in [0.15, 0.2) is 159 Å². The molecule has 43 heavy (non-hydrogen) atoms. The van der Waals surface area contributed by atoms with Gasteiger partial charge in [-0.2, -0.15) is 0 Å². The number of nitrogens with zero attached hydrogens (tertiary/aromatic N) is 3. The van der Waals surface area contributed by atoms with Crippen molar-refractivity contribution in [3.8, 4) is 28.5 Å². The van der Waals surface area contributed by atoms with E-state index in [1.165, 1.54) is 46.6 Å². The molecule has 0 fully saturated rings. The molecule has 0 N–H and O–H groups in total. The van der Waals surface area contributed by atoms with Gasteiger partial charge in [-0.25, -0.2) is 9.97 Å². The summed E-state index contributed by atoms with van der Waals surface area (Å²) >= 11 is 3.70. The summed E-state index contributed by atoms with van der Waals surface area (Å²) in [6.45, 7) is 0. The summed E-state index contributed by atoms with van der Waals surface area (Å²) in [6, 6.07) is 49.4. The average Bonchev–Trinajstić information content (AvgIpc) is 3.40. The highest BCUT2D eigenvalue weighted by atomic mass is 32.2. The molecule has 0 radical (unpaired) electrons.